The van der Waals surface area contributed by atoms with Gasteiger partial charge in [0.25, 0.3) is 17.7 Å². The fourth-order valence-corrected chi connectivity index (χ4v) is 8.43. The minimum absolute atomic E-state index is 0.0448. The number of esters is 3. The van der Waals surface area contributed by atoms with E-state index in [-0.39, 0.29) is 31.3 Å². The maximum atomic E-state index is 12.9. The topological polar surface area (TPSA) is 203 Å². The van der Waals surface area contributed by atoms with Crippen LogP contribution in [-0.2, 0) is 62.4 Å². The van der Waals surface area contributed by atoms with Crippen molar-refractivity contribution in [2.45, 2.75) is 70.1 Å². The number of rotatable bonds is 23. The van der Waals surface area contributed by atoms with E-state index in [2.05, 4.69) is 16.0 Å². The Hall–Kier alpha value is -9.44. The van der Waals surface area contributed by atoms with Crippen LogP contribution >= 0.6 is 0 Å². The number of methoxy groups -OCH3 is 4. The summed E-state index contributed by atoms with van der Waals surface area (Å²) in [5.41, 5.74) is 5.02. The van der Waals surface area contributed by atoms with Gasteiger partial charge in [-0.1, -0.05) is 141 Å². The molecule has 0 saturated heterocycles. The van der Waals surface area contributed by atoms with Gasteiger partial charge in [0.2, 0.25) is 12.2 Å². The zero-order valence-corrected chi connectivity index (χ0v) is 46.0. The van der Waals surface area contributed by atoms with Crippen LogP contribution in [0.1, 0.15) is 78.6 Å². The molecule has 1 aliphatic carbocycles. The molecule has 81 heavy (non-hydrogen) atoms. The molecule has 16 heteroatoms. The van der Waals surface area contributed by atoms with Crippen LogP contribution in [0.15, 0.2) is 188 Å². The van der Waals surface area contributed by atoms with Crippen LogP contribution < -0.4 is 34.9 Å². The molecule has 0 aromatic heterocycles. The number of benzene rings is 7. The number of carbonyl (C=O) groups excluding carboxylic acids is 6. The van der Waals surface area contributed by atoms with Crippen molar-refractivity contribution in [1.82, 2.24) is 5.32 Å². The number of hydrogen-bond acceptors (Lipinski definition) is 13. The van der Waals surface area contributed by atoms with Gasteiger partial charge >= 0.3 is 17.9 Å². The van der Waals surface area contributed by atoms with Gasteiger partial charge in [-0.2, -0.15) is 0 Å². The van der Waals surface area contributed by atoms with Gasteiger partial charge < -0.3 is 49.1 Å². The first kappa shape index (κ1) is 60.8. The Labute approximate surface area is 473 Å². The van der Waals surface area contributed by atoms with Crippen molar-refractivity contribution in [3.8, 4) is 23.0 Å². The van der Waals surface area contributed by atoms with Gasteiger partial charge in [-0.25, -0.2) is 0 Å². The van der Waals surface area contributed by atoms with E-state index in [1.165, 1.54) is 25.7 Å². The molecule has 2 unspecified atom stereocenters. The van der Waals surface area contributed by atoms with Gasteiger partial charge in [-0.15, -0.1) is 0 Å². The molecule has 16 nitrogen and oxygen atoms in total. The normalized spacial score (nSPS) is 12.2. The molecule has 0 bridgehead atoms. The Morgan fingerprint density at radius 1 is 0.444 bits per heavy atom. The monoisotopic (exact) mass is 1100 g/mol. The average Bonchev–Trinajstić information content (AvgIpc) is 4.05. The molecule has 1 saturated carbocycles. The molecule has 1 aliphatic rings. The summed E-state index contributed by atoms with van der Waals surface area (Å²) in [6.45, 7) is 0.0731. The van der Waals surface area contributed by atoms with E-state index >= 15 is 0 Å². The third kappa shape index (κ3) is 21.4. The van der Waals surface area contributed by atoms with Crippen molar-refractivity contribution in [3.05, 3.63) is 216 Å². The van der Waals surface area contributed by atoms with Crippen LogP contribution in [0, 0.1) is 5.92 Å². The lowest BCUT2D eigenvalue weighted by Crippen LogP contribution is -2.31. The van der Waals surface area contributed by atoms with E-state index in [0.717, 1.165) is 23.1 Å². The Balaban J connectivity index is 0.000000197. The van der Waals surface area contributed by atoms with E-state index in [4.69, 9.17) is 33.2 Å². The van der Waals surface area contributed by atoms with Gasteiger partial charge in [0.05, 0.1) is 41.3 Å². The molecule has 0 aliphatic heterocycles. The van der Waals surface area contributed by atoms with Gasteiger partial charge in [0.1, 0.15) is 23.0 Å². The molecule has 422 valence electrons. The van der Waals surface area contributed by atoms with Gasteiger partial charge in [-0.05, 0) is 102 Å². The lowest BCUT2D eigenvalue weighted by atomic mass is 10.0. The van der Waals surface area contributed by atoms with Crippen LogP contribution in [0.25, 0.3) is 0 Å². The molecule has 3 N–H and O–H groups in total. The van der Waals surface area contributed by atoms with E-state index in [1.807, 2.05) is 66.7 Å². The third-order valence-corrected chi connectivity index (χ3v) is 12.8. The Kier molecular flexibility index (Phi) is 24.8. The van der Waals surface area contributed by atoms with Crippen molar-refractivity contribution in [2.24, 2.45) is 5.92 Å². The summed E-state index contributed by atoms with van der Waals surface area (Å²) in [7, 11) is 6.29. The van der Waals surface area contributed by atoms with Crippen LogP contribution in [0.2, 0.25) is 0 Å². The van der Waals surface area contributed by atoms with E-state index in [0.29, 0.717) is 64.4 Å². The summed E-state index contributed by atoms with van der Waals surface area (Å²) in [6, 6.07) is 55.8. The molecule has 2 atom stereocenters. The van der Waals surface area contributed by atoms with Crippen molar-refractivity contribution in [3.63, 3.8) is 0 Å². The second-order valence-electron chi connectivity index (χ2n) is 18.7. The molecule has 1 fully saturated rings. The van der Waals surface area contributed by atoms with Crippen LogP contribution in [0.5, 0.6) is 23.0 Å². The van der Waals surface area contributed by atoms with Crippen LogP contribution in [0.3, 0.4) is 0 Å². The van der Waals surface area contributed by atoms with Gasteiger partial charge in [-0.3, -0.25) is 28.8 Å². The lowest BCUT2D eigenvalue weighted by molar-refractivity contribution is -0.156. The molecular weight excluding hydrogens is 1030 g/mol. The van der Waals surface area contributed by atoms with Crippen molar-refractivity contribution >= 4 is 47.0 Å². The summed E-state index contributed by atoms with van der Waals surface area (Å²) in [5, 5.41) is 8.31. The fraction of sp³-hybridized carbons (Fsp3) is 0.262. The minimum Gasteiger partial charge on any atom is -0.497 e. The minimum atomic E-state index is -1.07. The Morgan fingerprint density at radius 3 is 1.32 bits per heavy atom. The summed E-state index contributed by atoms with van der Waals surface area (Å²) >= 11 is 0. The van der Waals surface area contributed by atoms with Gasteiger partial charge in [0.15, 0.2) is 6.61 Å². The maximum absolute atomic E-state index is 12.9. The smallest absolute Gasteiger partial charge is 0.311 e. The average molecular weight is 1100 g/mol. The predicted molar refractivity (Wildman–Crippen MR) is 308 cm³/mol. The highest BCUT2D eigenvalue weighted by molar-refractivity contribution is 5.96. The van der Waals surface area contributed by atoms with Crippen molar-refractivity contribution in [1.29, 1.82) is 0 Å². The molecule has 7 aromatic carbocycles. The van der Waals surface area contributed by atoms with Crippen LogP contribution in [0.4, 0.5) is 11.4 Å². The number of carbonyl (C=O) groups is 6. The van der Waals surface area contributed by atoms with E-state index in [1.54, 1.807) is 150 Å². The number of nitrogens with one attached hydrogen (secondary N) is 3. The number of hydrogen-bond donors (Lipinski definition) is 3. The van der Waals surface area contributed by atoms with E-state index in [9.17, 15) is 28.8 Å². The highest BCUT2D eigenvalue weighted by Crippen LogP contribution is 2.30. The highest BCUT2D eigenvalue weighted by Gasteiger charge is 2.27. The summed E-state index contributed by atoms with van der Waals surface area (Å²) in [5.74, 6) is 1.02. The first-order valence-corrected chi connectivity index (χ1v) is 26.5. The molecule has 8 rings (SSSR count). The quantitative estimate of drug-likeness (QED) is 0.0404. The summed E-state index contributed by atoms with van der Waals surface area (Å²) < 4.78 is 36.5. The highest BCUT2D eigenvalue weighted by atomic mass is 16.6. The number of amides is 3. The van der Waals surface area contributed by atoms with Crippen LogP contribution in [-0.4, -0.2) is 70.7 Å². The first-order valence-electron chi connectivity index (χ1n) is 26.5. The standard InChI is InChI=1S/C24H23NO5.C23H27NO3.C18H19NO5/c1-28-20-12-8-17(9-13-20)16-22(26)30-23(18-6-4-3-5-7-18)24(27)25-19-10-14-21(29-2)15-11-19;25-21(16-15-18-9-7-8-10-18)27-22(20-13-5-2-6-14-20)23(26)24-17-19-11-3-1-4-12-19;1-22-15-7-3-13(4-8-15)11-18(21)24-12-17(20)19-14-5-9-16(23-2)10-6-14/h3-15,23H,16H2,1-2H3,(H,25,27);1-6,11-14,18,22H,7-10,15-17H2,(H,24,26);3-10H,11-12H2,1-2H3,(H,19,20). The molecule has 0 radical (unpaired) electrons. The SMILES string of the molecule is COc1ccc(CC(=O)OC(C(=O)Nc2ccc(OC)cc2)c2ccccc2)cc1.COc1ccc(CC(=O)OCC(=O)Nc2ccc(OC)cc2)cc1.O=C(CCC1CCCC1)OC(C(=O)NCc1ccccc1)c1ccccc1. The molecule has 7 aromatic rings. The van der Waals surface area contributed by atoms with Crippen molar-refractivity contribution in [2.75, 3.05) is 45.7 Å². The maximum Gasteiger partial charge on any atom is 0.311 e. The Bertz CT molecular complexity index is 2970. The number of ether oxygens (including phenoxy) is 7. The second kappa shape index (κ2) is 33.1. The first-order chi connectivity index (χ1) is 39.4. The Morgan fingerprint density at radius 2 is 0.852 bits per heavy atom. The molecular formula is C65H69N3O13. The number of anilines is 2. The zero-order chi connectivity index (χ0) is 57.6. The predicted octanol–water partition coefficient (Wildman–Crippen LogP) is 11.2. The lowest BCUT2D eigenvalue weighted by Gasteiger charge is -2.18. The molecule has 0 spiro atoms. The fourth-order valence-electron chi connectivity index (χ4n) is 8.43. The molecule has 0 heterocycles. The largest absolute Gasteiger partial charge is 0.497 e. The second-order valence-corrected chi connectivity index (χ2v) is 18.7. The molecule has 3 amide bonds. The van der Waals surface area contributed by atoms with Crippen molar-refractivity contribution < 1.29 is 61.9 Å². The van der Waals surface area contributed by atoms with Gasteiger partial charge in [0, 0.05) is 35.5 Å². The summed E-state index contributed by atoms with van der Waals surface area (Å²) in [4.78, 5) is 74.1. The summed E-state index contributed by atoms with van der Waals surface area (Å²) in [6.07, 6.45) is 4.31. The zero-order valence-electron chi connectivity index (χ0n) is 46.0. The van der Waals surface area contributed by atoms with E-state index < -0.39 is 36.0 Å². The third-order valence-electron chi connectivity index (χ3n) is 12.8.